The third kappa shape index (κ3) is 4.61. The zero-order valence-electron chi connectivity index (χ0n) is 16.5. The summed E-state index contributed by atoms with van der Waals surface area (Å²) in [4.78, 5) is 0.135. The SMILES string of the molecule is Cc1ccc(S(=O)(=O)n2cc(-c3ccc(Cl)c(Cl)c3)c(OCc3ccccc3)n2)cc1. The first kappa shape index (κ1) is 21.4. The van der Waals surface area contributed by atoms with E-state index in [-0.39, 0.29) is 17.4 Å². The lowest BCUT2D eigenvalue weighted by atomic mass is 10.1. The fraction of sp³-hybridized carbons (Fsp3) is 0.0870. The third-order valence-corrected chi connectivity index (χ3v) is 6.96. The van der Waals surface area contributed by atoms with E-state index >= 15 is 0 Å². The highest BCUT2D eigenvalue weighted by Gasteiger charge is 2.23. The third-order valence-electron chi connectivity index (χ3n) is 4.67. The number of aromatic nitrogens is 2. The Balaban J connectivity index is 1.77. The van der Waals surface area contributed by atoms with Gasteiger partial charge in [-0.3, -0.25) is 0 Å². The summed E-state index contributed by atoms with van der Waals surface area (Å²) in [5.74, 6) is 0.179. The molecule has 0 aliphatic carbocycles. The van der Waals surface area contributed by atoms with Crippen LogP contribution in [0.15, 0.2) is 83.9 Å². The van der Waals surface area contributed by atoms with Crippen LogP contribution < -0.4 is 4.74 Å². The maximum atomic E-state index is 13.1. The Morgan fingerprint density at radius 1 is 0.935 bits per heavy atom. The Hall–Kier alpha value is -2.80. The minimum absolute atomic E-state index is 0.135. The predicted molar refractivity (Wildman–Crippen MR) is 122 cm³/mol. The molecule has 158 valence electrons. The monoisotopic (exact) mass is 472 g/mol. The van der Waals surface area contributed by atoms with Gasteiger partial charge in [0.05, 0.1) is 26.7 Å². The first-order chi connectivity index (χ1) is 14.8. The predicted octanol–water partition coefficient (Wildman–Crippen LogP) is 5.98. The lowest BCUT2D eigenvalue weighted by Gasteiger charge is -2.07. The summed E-state index contributed by atoms with van der Waals surface area (Å²) in [7, 11) is -3.90. The first-order valence-electron chi connectivity index (χ1n) is 9.38. The van der Waals surface area contributed by atoms with Crippen molar-refractivity contribution in [2.75, 3.05) is 0 Å². The van der Waals surface area contributed by atoms with Gasteiger partial charge in [0.25, 0.3) is 10.0 Å². The van der Waals surface area contributed by atoms with E-state index in [4.69, 9.17) is 27.9 Å². The Morgan fingerprint density at radius 2 is 1.65 bits per heavy atom. The summed E-state index contributed by atoms with van der Waals surface area (Å²) in [6.07, 6.45) is 1.43. The number of hydrogen-bond donors (Lipinski definition) is 0. The van der Waals surface area contributed by atoms with Gasteiger partial charge in [-0.15, -0.1) is 5.10 Å². The molecule has 0 fully saturated rings. The average molecular weight is 473 g/mol. The Morgan fingerprint density at radius 3 is 2.32 bits per heavy atom. The van der Waals surface area contributed by atoms with Crippen molar-refractivity contribution in [1.82, 2.24) is 9.19 Å². The van der Waals surface area contributed by atoms with Crippen molar-refractivity contribution in [3.8, 4) is 17.0 Å². The molecular formula is C23H18Cl2N2O3S. The van der Waals surface area contributed by atoms with Gasteiger partial charge in [0.1, 0.15) is 6.61 Å². The topological polar surface area (TPSA) is 61.2 Å². The van der Waals surface area contributed by atoms with E-state index in [0.717, 1.165) is 15.2 Å². The molecule has 3 aromatic carbocycles. The Kier molecular flexibility index (Phi) is 6.05. The molecule has 8 heteroatoms. The molecule has 0 aliphatic rings. The van der Waals surface area contributed by atoms with E-state index in [1.807, 2.05) is 37.3 Å². The molecule has 0 aliphatic heterocycles. The molecule has 0 bridgehead atoms. The van der Waals surface area contributed by atoms with E-state index in [1.54, 1.807) is 42.5 Å². The van der Waals surface area contributed by atoms with E-state index in [0.29, 0.717) is 21.2 Å². The van der Waals surface area contributed by atoms with E-state index in [9.17, 15) is 8.42 Å². The lowest BCUT2D eigenvalue weighted by molar-refractivity contribution is 0.293. The number of hydrogen-bond acceptors (Lipinski definition) is 4. The van der Waals surface area contributed by atoms with Crippen LogP contribution in [0.1, 0.15) is 11.1 Å². The standard InChI is InChI=1S/C23H18Cl2N2O3S/c1-16-7-10-19(11-8-16)31(28,29)27-14-20(18-9-12-21(24)22(25)13-18)23(26-27)30-15-17-5-3-2-4-6-17/h2-14H,15H2,1H3. The van der Waals surface area contributed by atoms with Gasteiger partial charge in [-0.1, -0.05) is 77.3 Å². The van der Waals surface area contributed by atoms with Gasteiger partial charge in [0, 0.05) is 0 Å². The van der Waals surface area contributed by atoms with E-state index in [1.165, 1.54) is 6.20 Å². The summed E-state index contributed by atoms with van der Waals surface area (Å²) in [5.41, 5.74) is 3.02. The second kappa shape index (κ2) is 8.75. The van der Waals surface area contributed by atoms with Crippen LogP contribution in [0.4, 0.5) is 0 Å². The molecule has 31 heavy (non-hydrogen) atoms. The fourth-order valence-corrected chi connectivity index (χ4v) is 4.39. The maximum Gasteiger partial charge on any atom is 0.283 e. The molecule has 0 saturated heterocycles. The molecule has 1 aromatic heterocycles. The second-order valence-electron chi connectivity index (χ2n) is 6.94. The number of aryl methyl sites for hydroxylation is 1. The van der Waals surface area contributed by atoms with Gasteiger partial charge in [-0.25, -0.2) is 0 Å². The highest BCUT2D eigenvalue weighted by molar-refractivity contribution is 7.89. The molecule has 4 aromatic rings. The largest absolute Gasteiger partial charge is 0.471 e. The maximum absolute atomic E-state index is 13.1. The minimum atomic E-state index is -3.90. The molecule has 0 saturated carbocycles. The smallest absolute Gasteiger partial charge is 0.283 e. The number of nitrogens with zero attached hydrogens (tertiary/aromatic N) is 2. The van der Waals surface area contributed by atoms with Gasteiger partial charge < -0.3 is 4.74 Å². The van der Waals surface area contributed by atoms with Crippen molar-refractivity contribution in [2.45, 2.75) is 18.4 Å². The molecule has 0 atom stereocenters. The Bertz CT molecular complexity index is 1320. The van der Waals surface area contributed by atoms with Crippen LogP contribution in [0.2, 0.25) is 10.0 Å². The van der Waals surface area contributed by atoms with Crippen LogP contribution in [-0.4, -0.2) is 17.6 Å². The van der Waals surface area contributed by atoms with Gasteiger partial charge in [-0.2, -0.15) is 12.5 Å². The molecule has 1 heterocycles. The molecule has 0 radical (unpaired) electrons. The van der Waals surface area contributed by atoms with Crippen molar-refractivity contribution in [3.05, 3.63) is 100 Å². The fourth-order valence-electron chi connectivity index (χ4n) is 2.97. The van der Waals surface area contributed by atoms with Crippen LogP contribution in [-0.2, 0) is 16.6 Å². The summed E-state index contributed by atoms with van der Waals surface area (Å²) in [6.45, 7) is 2.12. The van der Waals surface area contributed by atoms with Crippen molar-refractivity contribution in [2.24, 2.45) is 0 Å². The molecule has 0 unspecified atom stereocenters. The normalized spacial score (nSPS) is 11.5. The summed E-state index contributed by atoms with van der Waals surface area (Å²) >= 11 is 12.2. The van der Waals surface area contributed by atoms with Crippen molar-refractivity contribution >= 4 is 33.2 Å². The van der Waals surface area contributed by atoms with Crippen molar-refractivity contribution in [3.63, 3.8) is 0 Å². The number of halogens is 2. The molecule has 5 nitrogen and oxygen atoms in total. The lowest BCUT2D eigenvalue weighted by Crippen LogP contribution is -2.13. The number of benzene rings is 3. The zero-order chi connectivity index (χ0) is 22.0. The summed E-state index contributed by atoms with van der Waals surface area (Å²) in [5, 5.41) is 5.00. The quantitative estimate of drug-likeness (QED) is 0.346. The van der Waals surface area contributed by atoms with Crippen molar-refractivity contribution < 1.29 is 13.2 Å². The number of rotatable bonds is 6. The van der Waals surface area contributed by atoms with Crippen LogP contribution in [0.25, 0.3) is 11.1 Å². The molecule has 0 spiro atoms. The molecule has 0 amide bonds. The van der Waals surface area contributed by atoms with Gasteiger partial charge in [0.2, 0.25) is 5.88 Å². The minimum Gasteiger partial charge on any atom is -0.471 e. The Labute approximate surface area is 190 Å². The van der Waals surface area contributed by atoms with Crippen molar-refractivity contribution in [1.29, 1.82) is 0 Å². The van der Waals surface area contributed by atoms with Crippen LogP contribution >= 0.6 is 23.2 Å². The second-order valence-corrected chi connectivity index (χ2v) is 9.55. The summed E-state index contributed by atoms with van der Waals surface area (Å²) in [6, 6.07) is 21.2. The highest BCUT2D eigenvalue weighted by Crippen LogP contribution is 2.34. The van der Waals surface area contributed by atoms with Gasteiger partial charge in [-0.05, 0) is 42.3 Å². The summed E-state index contributed by atoms with van der Waals surface area (Å²) < 4.78 is 33.1. The number of ether oxygens (including phenoxy) is 1. The van der Waals surface area contributed by atoms with Crippen LogP contribution in [0.5, 0.6) is 5.88 Å². The molecule has 0 N–H and O–H groups in total. The molecule has 4 rings (SSSR count). The first-order valence-corrected chi connectivity index (χ1v) is 11.6. The van der Waals surface area contributed by atoms with E-state index < -0.39 is 10.0 Å². The van der Waals surface area contributed by atoms with E-state index in [2.05, 4.69) is 5.10 Å². The van der Waals surface area contributed by atoms with Crippen LogP contribution in [0, 0.1) is 6.92 Å². The molecular weight excluding hydrogens is 455 g/mol. The van der Waals surface area contributed by atoms with Gasteiger partial charge in [0.15, 0.2) is 0 Å². The van der Waals surface area contributed by atoms with Gasteiger partial charge >= 0.3 is 0 Å². The average Bonchev–Trinajstić information content (AvgIpc) is 3.20. The zero-order valence-corrected chi connectivity index (χ0v) is 18.8. The highest BCUT2D eigenvalue weighted by atomic mass is 35.5. The van der Waals surface area contributed by atoms with Crippen LogP contribution in [0.3, 0.4) is 0 Å².